The summed E-state index contributed by atoms with van der Waals surface area (Å²) in [5.41, 5.74) is 12.1. The van der Waals surface area contributed by atoms with Gasteiger partial charge in [0.25, 0.3) is 0 Å². The van der Waals surface area contributed by atoms with Crippen molar-refractivity contribution < 1.29 is 9.47 Å². The smallest absolute Gasteiger partial charge is 0.142 e. The summed E-state index contributed by atoms with van der Waals surface area (Å²) in [4.78, 5) is 7.58. The molecule has 0 saturated carbocycles. The molecule has 1 aromatic carbocycles. The molecule has 0 N–H and O–H groups in total. The lowest BCUT2D eigenvalue weighted by Gasteiger charge is -2.15. The van der Waals surface area contributed by atoms with E-state index < -0.39 is 8.07 Å². The zero-order chi connectivity index (χ0) is 21.0. The van der Waals surface area contributed by atoms with Crippen LogP contribution in [-0.4, -0.2) is 31.3 Å². The number of benzene rings is 1. The molecule has 0 aliphatic carbocycles. The fourth-order valence-electron chi connectivity index (χ4n) is 3.07. The van der Waals surface area contributed by atoms with Crippen LogP contribution in [-0.2, 0) is 11.5 Å². The van der Waals surface area contributed by atoms with Gasteiger partial charge in [0.1, 0.15) is 18.1 Å². The molecule has 0 saturated heterocycles. The van der Waals surface area contributed by atoms with Gasteiger partial charge in [-0.2, -0.15) is 0 Å². The summed E-state index contributed by atoms with van der Waals surface area (Å²) in [6.45, 7) is 8.06. The number of aromatic nitrogens is 2. The minimum Gasteiger partial charge on any atom is -0.496 e. The standard InChI is InChI=1S/C20H24BrN5O2Si/c1-27-17-8-6-5-7-14(17)15-12-26(13-28-9-10-29(2,3)4)20-18(15)19(24-25-22)16(21)11-23-20/h5-8,11-12H,9-10,13H2,1-4H3. The van der Waals surface area contributed by atoms with Crippen LogP contribution in [0.5, 0.6) is 5.75 Å². The van der Waals surface area contributed by atoms with E-state index in [1.807, 2.05) is 35.0 Å². The molecule has 7 nitrogen and oxygen atoms in total. The van der Waals surface area contributed by atoms with Gasteiger partial charge < -0.3 is 14.0 Å². The first-order valence-electron chi connectivity index (χ1n) is 9.29. The van der Waals surface area contributed by atoms with Crippen molar-refractivity contribution in [3.8, 4) is 16.9 Å². The minimum absolute atomic E-state index is 0.375. The number of hydrogen-bond donors (Lipinski definition) is 0. The van der Waals surface area contributed by atoms with Crippen LogP contribution in [0.15, 0.2) is 46.2 Å². The zero-order valence-electron chi connectivity index (χ0n) is 17.0. The molecule has 0 aliphatic rings. The fourth-order valence-corrected chi connectivity index (χ4v) is 4.21. The number of halogens is 1. The molecule has 3 rings (SSSR count). The molecule has 0 amide bonds. The van der Waals surface area contributed by atoms with Crippen LogP contribution in [0.25, 0.3) is 32.6 Å². The highest BCUT2D eigenvalue weighted by atomic mass is 79.9. The summed E-state index contributed by atoms with van der Waals surface area (Å²) >= 11 is 3.46. The molecule has 0 fully saturated rings. The topological polar surface area (TPSA) is 85.0 Å². The Morgan fingerprint density at radius 1 is 1.24 bits per heavy atom. The Bertz CT molecular complexity index is 1070. The lowest BCUT2D eigenvalue weighted by atomic mass is 10.0. The largest absolute Gasteiger partial charge is 0.496 e. The molecule has 0 atom stereocenters. The van der Waals surface area contributed by atoms with Gasteiger partial charge in [0.15, 0.2) is 0 Å². The van der Waals surface area contributed by atoms with E-state index in [9.17, 15) is 0 Å². The number of rotatable bonds is 8. The number of fused-ring (bicyclic) bond motifs is 1. The third-order valence-electron chi connectivity index (χ3n) is 4.58. The maximum absolute atomic E-state index is 9.09. The number of azide groups is 1. The molecule has 0 unspecified atom stereocenters. The van der Waals surface area contributed by atoms with Crippen molar-refractivity contribution in [3.05, 3.63) is 51.6 Å². The van der Waals surface area contributed by atoms with Gasteiger partial charge >= 0.3 is 0 Å². The first kappa shape index (κ1) is 21.4. The number of methoxy groups -OCH3 is 1. The van der Waals surface area contributed by atoms with Crippen molar-refractivity contribution in [1.29, 1.82) is 0 Å². The first-order valence-corrected chi connectivity index (χ1v) is 13.8. The fraction of sp³-hybridized carbons (Fsp3) is 0.350. The molecule has 0 bridgehead atoms. The Balaban J connectivity index is 2.12. The molecule has 0 spiro atoms. The lowest BCUT2D eigenvalue weighted by Crippen LogP contribution is -2.22. The third-order valence-corrected chi connectivity index (χ3v) is 6.87. The minimum atomic E-state index is -1.16. The van der Waals surface area contributed by atoms with E-state index in [0.717, 1.165) is 28.3 Å². The summed E-state index contributed by atoms with van der Waals surface area (Å²) in [5.74, 6) is 0.734. The van der Waals surface area contributed by atoms with E-state index in [1.165, 1.54) is 0 Å². The van der Waals surface area contributed by atoms with Crippen LogP contribution in [0.2, 0.25) is 25.7 Å². The molecular formula is C20H24BrN5O2Si. The average Bonchev–Trinajstić information content (AvgIpc) is 3.05. The third kappa shape index (κ3) is 4.81. The van der Waals surface area contributed by atoms with Gasteiger partial charge in [0.2, 0.25) is 0 Å². The van der Waals surface area contributed by atoms with Crippen LogP contribution in [0.4, 0.5) is 5.69 Å². The van der Waals surface area contributed by atoms with E-state index in [2.05, 4.69) is 50.6 Å². The first-order chi connectivity index (χ1) is 13.9. The van der Waals surface area contributed by atoms with E-state index in [0.29, 0.717) is 29.1 Å². The van der Waals surface area contributed by atoms with E-state index in [-0.39, 0.29) is 0 Å². The second-order valence-electron chi connectivity index (χ2n) is 7.90. The van der Waals surface area contributed by atoms with Crippen molar-refractivity contribution >= 4 is 40.7 Å². The summed E-state index contributed by atoms with van der Waals surface area (Å²) in [6.07, 6.45) is 3.63. The second kappa shape index (κ2) is 9.00. The maximum atomic E-state index is 9.09. The molecule has 3 aromatic rings. The highest BCUT2D eigenvalue weighted by Gasteiger charge is 2.19. The van der Waals surface area contributed by atoms with Crippen molar-refractivity contribution in [2.45, 2.75) is 32.4 Å². The van der Waals surface area contributed by atoms with Gasteiger partial charge in [-0.3, -0.25) is 0 Å². The Labute approximate surface area is 179 Å². The Kier molecular flexibility index (Phi) is 6.64. The van der Waals surface area contributed by atoms with Crippen LogP contribution in [0.3, 0.4) is 0 Å². The van der Waals surface area contributed by atoms with Crippen molar-refractivity contribution in [2.75, 3.05) is 13.7 Å². The second-order valence-corrected chi connectivity index (χ2v) is 14.4. The van der Waals surface area contributed by atoms with Crippen molar-refractivity contribution in [3.63, 3.8) is 0 Å². The Morgan fingerprint density at radius 2 is 2.00 bits per heavy atom. The monoisotopic (exact) mass is 473 g/mol. The quantitative estimate of drug-likeness (QED) is 0.119. The molecular weight excluding hydrogens is 450 g/mol. The van der Waals surface area contributed by atoms with Crippen LogP contribution in [0.1, 0.15) is 0 Å². The highest BCUT2D eigenvalue weighted by molar-refractivity contribution is 9.10. The van der Waals surface area contributed by atoms with Crippen molar-refractivity contribution in [1.82, 2.24) is 9.55 Å². The number of hydrogen-bond acceptors (Lipinski definition) is 4. The van der Waals surface area contributed by atoms with Gasteiger partial charge in [-0.25, -0.2) is 4.98 Å². The van der Waals surface area contributed by atoms with Gasteiger partial charge in [-0.15, -0.1) is 0 Å². The van der Waals surface area contributed by atoms with Crippen molar-refractivity contribution in [2.24, 2.45) is 5.11 Å². The van der Waals surface area contributed by atoms with Gasteiger partial charge in [0.05, 0.1) is 12.8 Å². The summed E-state index contributed by atoms with van der Waals surface area (Å²) in [5, 5.41) is 4.68. The van der Waals surface area contributed by atoms with Crippen LogP contribution in [0, 0.1) is 0 Å². The van der Waals surface area contributed by atoms with Crippen LogP contribution < -0.4 is 4.74 Å². The number of para-hydroxylation sites is 1. The van der Waals surface area contributed by atoms with E-state index in [4.69, 9.17) is 15.0 Å². The lowest BCUT2D eigenvalue weighted by molar-refractivity contribution is 0.0899. The summed E-state index contributed by atoms with van der Waals surface area (Å²) in [7, 11) is 0.475. The molecule has 29 heavy (non-hydrogen) atoms. The Morgan fingerprint density at radius 3 is 2.69 bits per heavy atom. The summed E-state index contributed by atoms with van der Waals surface area (Å²) in [6, 6.07) is 8.84. The van der Waals surface area contributed by atoms with Gasteiger partial charge in [-0.1, -0.05) is 43.0 Å². The number of ether oxygens (including phenoxy) is 2. The SMILES string of the molecule is COc1ccccc1-c1cn(COCC[Si](C)(C)C)c2ncc(Br)c(N=[N+]=[N-])c12. The molecule has 0 radical (unpaired) electrons. The van der Waals surface area contributed by atoms with E-state index >= 15 is 0 Å². The Hall–Kier alpha value is -2.32. The predicted molar refractivity (Wildman–Crippen MR) is 122 cm³/mol. The number of nitrogens with zero attached hydrogens (tertiary/aromatic N) is 5. The summed E-state index contributed by atoms with van der Waals surface area (Å²) < 4.78 is 14.1. The predicted octanol–water partition coefficient (Wildman–Crippen LogP) is 6.73. The average molecular weight is 474 g/mol. The van der Waals surface area contributed by atoms with E-state index in [1.54, 1.807) is 13.3 Å². The molecule has 152 valence electrons. The molecule has 2 aromatic heterocycles. The van der Waals surface area contributed by atoms with Crippen LogP contribution >= 0.6 is 15.9 Å². The van der Waals surface area contributed by atoms with Gasteiger partial charge in [-0.05, 0) is 33.6 Å². The maximum Gasteiger partial charge on any atom is 0.142 e. The number of pyridine rings is 1. The molecule has 0 aliphatic heterocycles. The van der Waals surface area contributed by atoms with Gasteiger partial charge in [0, 0.05) is 53.0 Å². The molecule has 9 heteroatoms. The normalized spacial score (nSPS) is 11.5. The molecule has 2 heterocycles. The highest BCUT2D eigenvalue weighted by Crippen LogP contribution is 2.42. The zero-order valence-corrected chi connectivity index (χ0v) is 19.6.